The normalized spacial score (nSPS) is 20.2. The van der Waals surface area contributed by atoms with Gasteiger partial charge in [-0.1, -0.05) is 28.1 Å². The molecule has 98 valence electrons. The van der Waals surface area contributed by atoms with Crippen molar-refractivity contribution in [2.24, 2.45) is 0 Å². The number of hydrogen-bond donors (Lipinski definition) is 0. The van der Waals surface area contributed by atoms with E-state index in [4.69, 9.17) is 4.74 Å². The predicted molar refractivity (Wildman–Crippen MR) is 74.9 cm³/mol. The van der Waals surface area contributed by atoms with Crippen LogP contribution in [0.25, 0.3) is 0 Å². The third-order valence-electron chi connectivity index (χ3n) is 3.36. The van der Waals surface area contributed by atoms with Crippen molar-refractivity contribution in [2.45, 2.75) is 18.9 Å². The average Bonchev–Trinajstić information content (AvgIpc) is 2.84. The second-order valence-corrected chi connectivity index (χ2v) is 5.55. The number of carbonyl (C=O) groups excluding carboxylic acids is 1. The second kappa shape index (κ2) is 6.45. The molecule has 1 unspecified atom stereocenters. The Kier molecular flexibility index (Phi) is 4.92. The van der Waals surface area contributed by atoms with Gasteiger partial charge in [-0.2, -0.15) is 0 Å². The first-order chi connectivity index (χ1) is 8.69. The molecule has 3 nitrogen and oxygen atoms in total. The van der Waals surface area contributed by atoms with Crippen molar-refractivity contribution in [2.75, 3.05) is 26.7 Å². The minimum atomic E-state index is 0.206. The van der Waals surface area contributed by atoms with Crippen molar-refractivity contribution >= 4 is 21.7 Å². The number of Topliss-reactive ketones (excluding diaryl/α,β-unsaturated/α-hetero) is 1. The molecule has 0 bridgehead atoms. The summed E-state index contributed by atoms with van der Waals surface area (Å²) < 4.78 is 6.27. The van der Waals surface area contributed by atoms with E-state index < -0.39 is 0 Å². The van der Waals surface area contributed by atoms with Gasteiger partial charge in [0.05, 0.1) is 6.10 Å². The van der Waals surface area contributed by atoms with Crippen molar-refractivity contribution in [3.05, 3.63) is 34.3 Å². The Morgan fingerprint density at radius 1 is 1.56 bits per heavy atom. The van der Waals surface area contributed by atoms with Gasteiger partial charge in [-0.25, -0.2) is 0 Å². The number of methoxy groups -OCH3 is 1. The third kappa shape index (κ3) is 3.64. The van der Waals surface area contributed by atoms with Crippen molar-refractivity contribution < 1.29 is 9.53 Å². The molecule has 1 aliphatic rings. The molecular formula is C14H18BrNO2. The molecule has 0 saturated carbocycles. The minimum Gasteiger partial charge on any atom is -0.380 e. The summed E-state index contributed by atoms with van der Waals surface area (Å²) in [5.74, 6) is 0.206. The highest BCUT2D eigenvalue weighted by molar-refractivity contribution is 9.10. The predicted octanol–water partition coefficient (Wildman–Crippen LogP) is 2.74. The van der Waals surface area contributed by atoms with Crippen LogP contribution in [0.15, 0.2) is 28.7 Å². The Labute approximate surface area is 116 Å². The number of carbonyl (C=O) groups is 1. The van der Waals surface area contributed by atoms with Gasteiger partial charge in [0.2, 0.25) is 0 Å². The summed E-state index contributed by atoms with van der Waals surface area (Å²) in [6, 6.07) is 7.58. The standard InChI is InChI=1S/C14H18BrNO2/c1-18-13-5-7-16(10-13)8-6-14(17)11-3-2-4-12(15)9-11/h2-4,9,13H,5-8,10H2,1H3. The van der Waals surface area contributed by atoms with Crippen LogP contribution >= 0.6 is 15.9 Å². The number of halogens is 1. The number of likely N-dealkylation sites (tertiary alicyclic amines) is 1. The summed E-state index contributed by atoms with van der Waals surface area (Å²) in [4.78, 5) is 14.3. The maximum atomic E-state index is 12.0. The van der Waals surface area contributed by atoms with Crippen LogP contribution in [0, 0.1) is 0 Å². The van der Waals surface area contributed by atoms with Crippen LogP contribution in [0.2, 0.25) is 0 Å². The van der Waals surface area contributed by atoms with E-state index in [1.165, 1.54) is 0 Å². The lowest BCUT2D eigenvalue weighted by Gasteiger charge is -2.14. The smallest absolute Gasteiger partial charge is 0.164 e. The van der Waals surface area contributed by atoms with E-state index in [0.29, 0.717) is 12.5 Å². The number of rotatable bonds is 5. The lowest BCUT2D eigenvalue weighted by atomic mass is 10.1. The number of ketones is 1. The Morgan fingerprint density at radius 3 is 3.06 bits per heavy atom. The first kappa shape index (κ1) is 13.7. The van der Waals surface area contributed by atoms with E-state index in [1.807, 2.05) is 24.3 Å². The monoisotopic (exact) mass is 311 g/mol. The first-order valence-corrected chi connectivity index (χ1v) is 7.02. The summed E-state index contributed by atoms with van der Waals surface area (Å²) in [5, 5.41) is 0. The van der Waals surface area contributed by atoms with Crippen LogP contribution in [0.4, 0.5) is 0 Å². The molecule has 4 heteroatoms. The first-order valence-electron chi connectivity index (χ1n) is 6.23. The van der Waals surface area contributed by atoms with Crippen LogP contribution in [0.5, 0.6) is 0 Å². The van der Waals surface area contributed by atoms with Gasteiger partial charge in [0.25, 0.3) is 0 Å². The lowest BCUT2D eigenvalue weighted by molar-refractivity contribution is 0.0944. The molecule has 2 rings (SSSR count). The van der Waals surface area contributed by atoms with Crippen LogP contribution in [0.3, 0.4) is 0 Å². The Balaban J connectivity index is 1.82. The van der Waals surface area contributed by atoms with E-state index in [0.717, 1.165) is 36.1 Å². The molecule has 1 heterocycles. The summed E-state index contributed by atoms with van der Waals surface area (Å²) >= 11 is 3.39. The minimum absolute atomic E-state index is 0.206. The largest absolute Gasteiger partial charge is 0.380 e. The molecule has 1 aliphatic heterocycles. The molecule has 0 N–H and O–H groups in total. The molecule has 1 aromatic rings. The van der Waals surface area contributed by atoms with Gasteiger partial charge in [0, 0.05) is 43.2 Å². The number of ether oxygens (including phenoxy) is 1. The molecule has 0 radical (unpaired) electrons. The molecule has 0 amide bonds. The average molecular weight is 312 g/mol. The quantitative estimate of drug-likeness (QED) is 0.783. The third-order valence-corrected chi connectivity index (χ3v) is 3.86. The summed E-state index contributed by atoms with van der Waals surface area (Å²) in [6.45, 7) is 2.80. The Bertz CT molecular complexity index is 422. The van der Waals surface area contributed by atoms with E-state index in [-0.39, 0.29) is 5.78 Å². The van der Waals surface area contributed by atoms with Crippen molar-refractivity contribution in [1.82, 2.24) is 4.90 Å². The Hall–Kier alpha value is -0.710. The van der Waals surface area contributed by atoms with E-state index >= 15 is 0 Å². The number of hydrogen-bond acceptors (Lipinski definition) is 3. The zero-order chi connectivity index (χ0) is 13.0. The highest BCUT2D eigenvalue weighted by Gasteiger charge is 2.22. The second-order valence-electron chi connectivity index (χ2n) is 4.63. The molecule has 18 heavy (non-hydrogen) atoms. The molecule has 1 saturated heterocycles. The zero-order valence-corrected chi connectivity index (χ0v) is 12.1. The maximum absolute atomic E-state index is 12.0. The topological polar surface area (TPSA) is 29.5 Å². The van der Waals surface area contributed by atoms with E-state index in [9.17, 15) is 4.79 Å². The van der Waals surface area contributed by atoms with Gasteiger partial charge >= 0.3 is 0 Å². The lowest BCUT2D eigenvalue weighted by Crippen LogP contribution is -2.25. The fourth-order valence-corrected chi connectivity index (χ4v) is 2.66. The van der Waals surface area contributed by atoms with Gasteiger partial charge in [0.1, 0.15) is 0 Å². The molecule has 0 aliphatic carbocycles. The molecule has 0 spiro atoms. The van der Waals surface area contributed by atoms with Crippen molar-refractivity contribution in [1.29, 1.82) is 0 Å². The van der Waals surface area contributed by atoms with E-state index in [1.54, 1.807) is 7.11 Å². The molecule has 1 fully saturated rings. The van der Waals surface area contributed by atoms with Crippen molar-refractivity contribution in [3.63, 3.8) is 0 Å². The SMILES string of the molecule is COC1CCN(CCC(=O)c2cccc(Br)c2)C1. The fourth-order valence-electron chi connectivity index (χ4n) is 2.26. The maximum Gasteiger partial charge on any atom is 0.164 e. The summed E-state index contributed by atoms with van der Waals surface area (Å²) in [6.07, 6.45) is 1.99. The summed E-state index contributed by atoms with van der Waals surface area (Å²) in [5.41, 5.74) is 0.784. The number of nitrogens with zero attached hydrogens (tertiary/aromatic N) is 1. The highest BCUT2D eigenvalue weighted by Crippen LogP contribution is 2.15. The van der Waals surface area contributed by atoms with Gasteiger partial charge in [-0.15, -0.1) is 0 Å². The summed E-state index contributed by atoms with van der Waals surface area (Å²) in [7, 11) is 1.75. The van der Waals surface area contributed by atoms with Crippen LogP contribution in [0.1, 0.15) is 23.2 Å². The van der Waals surface area contributed by atoms with Crippen LogP contribution < -0.4 is 0 Å². The van der Waals surface area contributed by atoms with Crippen LogP contribution in [-0.4, -0.2) is 43.5 Å². The van der Waals surface area contributed by atoms with Gasteiger partial charge in [-0.3, -0.25) is 4.79 Å². The highest BCUT2D eigenvalue weighted by atomic mass is 79.9. The van der Waals surface area contributed by atoms with Crippen molar-refractivity contribution in [3.8, 4) is 0 Å². The van der Waals surface area contributed by atoms with Gasteiger partial charge < -0.3 is 9.64 Å². The van der Waals surface area contributed by atoms with Crippen LogP contribution in [-0.2, 0) is 4.74 Å². The van der Waals surface area contributed by atoms with E-state index in [2.05, 4.69) is 20.8 Å². The Morgan fingerprint density at radius 2 is 2.39 bits per heavy atom. The molecular weight excluding hydrogens is 294 g/mol. The number of benzene rings is 1. The van der Waals surface area contributed by atoms with Gasteiger partial charge in [0.15, 0.2) is 5.78 Å². The van der Waals surface area contributed by atoms with Gasteiger partial charge in [-0.05, 0) is 18.6 Å². The molecule has 1 atom stereocenters. The molecule has 0 aromatic heterocycles. The molecule has 1 aromatic carbocycles. The fraction of sp³-hybridized carbons (Fsp3) is 0.500. The zero-order valence-electron chi connectivity index (χ0n) is 10.6.